The van der Waals surface area contributed by atoms with Crippen LogP contribution in [0.4, 0.5) is 5.69 Å². The van der Waals surface area contributed by atoms with Crippen molar-refractivity contribution >= 4 is 33.4 Å². The van der Waals surface area contributed by atoms with Crippen molar-refractivity contribution in [3.05, 3.63) is 28.7 Å². The lowest BCUT2D eigenvalue weighted by Crippen LogP contribution is -2.38. The Kier molecular flexibility index (Phi) is 4.12. The van der Waals surface area contributed by atoms with Crippen molar-refractivity contribution in [1.29, 1.82) is 0 Å². The molecule has 128 valence electrons. The molecule has 0 aromatic heterocycles. The number of para-hydroxylation sites is 1. The maximum atomic E-state index is 12.9. The quantitative estimate of drug-likeness (QED) is 0.837. The maximum absolute atomic E-state index is 12.9. The van der Waals surface area contributed by atoms with Crippen LogP contribution in [0.1, 0.15) is 19.3 Å². The Labute approximate surface area is 150 Å². The van der Waals surface area contributed by atoms with E-state index in [0.717, 1.165) is 36.1 Å². The van der Waals surface area contributed by atoms with Gasteiger partial charge in [0.15, 0.2) is 0 Å². The molecule has 0 radical (unpaired) electrons. The van der Waals surface area contributed by atoms with E-state index >= 15 is 0 Å². The lowest BCUT2D eigenvalue weighted by atomic mass is 9.98. The highest BCUT2D eigenvalue weighted by atomic mass is 79.9. The largest absolute Gasteiger partial charge is 0.342 e. The van der Waals surface area contributed by atoms with Crippen LogP contribution >= 0.6 is 15.9 Å². The maximum Gasteiger partial charge on any atom is 0.228 e. The second-order valence-corrected chi connectivity index (χ2v) is 8.12. The molecule has 24 heavy (non-hydrogen) atoms. The van der Waals surface area contributed by atoms with Crippen LogP contribution in [0.5, 0.6) is 0 Å². The first-order valence-corrected chi connectivity index (χ1v) is 9.43. The number of hydrogen-bond acceptors (Lipinski definition) is 3. The van der Waals surface area contributed by atoms with Crippen LogP contribution in [-0.2, 0) is 9.59 Å². The van der Waals surface area contributed by atoms with Gasteiger partial charge in [-0.3, -0.25) is 9.59 Å². The van der Waals surface area contributed by atoms with Crippen molar-refractivity contribution < 1.29 is 9.59 Å². The van der Waals surface area contributed by atoms with Gasteiger partial charge in [0.2, 0.25) is 11.8 Å². The highest BCUT2D eigenvalue weighted by molar-refractivity contribution is 9.10. The Morgan fingerprint density at radius 1 is 1.17 bits per heavy atom. The number of rotatable bonds is 2. The van der Waals surface area contributed by atoms with Gasteiger partial charge in [0.25, 0.3) is 0 Å². The fraction of sp³-hybridized carbons (Fsp3) is 0.556. The number of benzene rings is 1. The fourth-order valence-corrected chi connectivity index (χ4v) is 5.02. The number of fused-ring (bicyclic) bond motifs is 1. The molecule has 2 aliphatic heterocycles. The number of carbonyl (C=O) groups excluding carboxylic acids is 2. The third-order valence-corrected chi connectivity index (χ3v) is 6.51. The summed E-state index contributed by atoms with van der Waals surface area (Å²) >= 11 is 3.49. The SMILES string of the molecule is NC1CCC2CN(C(=O)C3CC(=O)N(c4ccccc4Br)C3)CC12. The molecule has 0 spiro atoms. The summed E-state index contributed by atoms with van der Waals surface area (Å²) < 4.78 is 0.883. The summed E-state index contributed by atoms with van der Waals surface area (Å²) in [6.45, 7) is 2.06. The zero-order valence-corrected chi connectivity index (χ0v) is 15.1. The van der Waals surface area contributed by atoms with Gasteiger partial charge in [0.05, 0.1) is 11.6 Å². The van der Waals surface area contributed by atoms with E-state index in [-0.39, 0.29) is 23.8 Å². The second kappa shape index (κ2) is 6.15. The van der Waals surface area contributed by atoms with E-state index in [1.54, 1.807) is 4.90 Å². The number of carbonyl (C=O) groups is 2. The summed E-state index contributed by atoms with van der Waals surface area (Å²) in [6.07, 6.45) is 2.51. The van der Waals surface area contributed by atoms with Crippen molar-refractivity contribution in [3.63, 3.8) is 0 Å². The Bertz CT molecular complexity index is 680. The lowest BCUT2D eigenvalue weighted by molar-refractivity contribution is -0.135. The number of halogens is 1. The fourth-order valence-electron chi connectivity index (χ4n) is 4.52. The highest BCUT2D eigenvalue weighted by Crippen LogP contribution is 2.39. The van der Waals surface area contributed by atoms with Gasteiger partial charge in [-0.15, -0.1) is 0 Å². The lowest BCUT2D eigenvalue weighted by Gasteiger charge is -2.23. The zero-order valence-electron chi connectivity index (χ0n) is 13.5. The first kappa shape index (κ1) is 16.1. The number of anilines is 1. The van der Waals surface area contributed by atoms with Gasteiger partial charge in [-0.25, -0.2) is 0 Å². The molecule has 4 unspecified atom stereocenters. The monoisotopic (exact) mass is 391 g/mol. The molecular formula is C18H22BrN3O2. The zero-order chi connectivity index (χ0) is 16.8. The van der Waals surface area contributed by atoms with E-state index in [1.807, 2.05) is 29.2 Å². The van der Waals surface area contributed by atoms with Gasteiger partial charge in [0, 0.05) is 36.6 Å². The second-order valence-electron chi connectivity index (χ2n) is 7.27. The van der Waals surface area contributed by atoms with Crippen LogP contribution in [0.2, 0.25) is 0 Å². The number of amides is 2. The molecular weight excluding hydrogens is 370 g/mol. The summed E-state index contributed by atoms with van der Waals surface area (Å²) in [5.74, 6) is 0.918. The smallest absolute Gasteiger partial charge is 0.228 e. The molecule has 1 saturated carbocycles. The molecule has 4 atom stereocenters. The van der Waals surface area contributed by atoms with E-state index < -0.39 is 0 Å². The Balaban J connectivity index is 1.46. The van der Waals surface area contributed by atoms with E-state index in [4.69, 9.17) is 5.73 Å². The van der Waals surface area contributed by atoms with E-state index in [9.17, 15) is 9.59 Å². The first-order valence-electron chi connectivity index (χ1n) is 8.64. The molecule has 3 aliphatic rings. The van der Waals surface area contributed by atoms with Crippen LogP contribution in [0.25, 0.3) is 0 Å². The van der Waals surface area contributed by atoms with Crippen molar-refractivity contribution in [1.82, 2.24) is 4.90 Å². The van der Waals surface area contributed by atoms with Crippen LogP contribution in [-0.4, -0.2) is 42.4 Å². The predicted octanol–water partition coefficient (Wildman–Crippen LogP) is 2.00. The molecule has 6 heteroatoms. The Morgan fingerprint density at radius 3 is 2.71 bits per heavy atom. The number of likely N-dealkylation sites (tertiary alicyclic amines) is 1. The van der Waals surface area contributed by atoms with Crippen LogP contribution in [0, 0.1) is 17.8 Å². The summed E-state index contributed by atoms with van der Waals surface area (Å²) in [4.78, 5) is 29.0. The van der Waals surface area contributed by atoms with Crippen LogP contribution in [0.15, 0.2) is 28.7 Å². The van der Waals surface area contributed by atoms with Gasteiger partial charge in [-0.05, 0) is 52.7 Å². The van der Waals surface area contributed by atoms with Crippen molar-refractivity contribution in [2.45, 2.75) is 25.3 Å². The van der Waals surface area contributed by atoms with Crippen LogP contribution < -0.4 is 10.6 Å². The summed E-state index contributed by atoms with van der Waals surface area (Å²) in [6, 6.07) is 7.89. The molecule has 4 rings (SSSR count). The third kappa shape index (κ3) is 2.65. The predicted molar refractivity (Wildman–Crippen MR) is 95.4 cm³/mol. The van der Waals surface area contributed by atoms with E-state index in [2.05, 4.69) is 15.9 Å². The highest BCUT2D eigenvalue weighted by Gasteiger charge is 2.45. The Morgan fingerprint density at radius 2 is 1.96 bits per heavy atom. The van der Waals surface area contributed by atoms with Gasteiger partial charge in [-0.2, -0.15) is 0 Å². The number of nitrogens with zero attached hydrogens (tertiary/aromatic N) is 2. The van der Waals surface area contributed by atoms with Gasteiger partial charge in [-0.1, -0.05) is 12.1 Å². The minimum Gasteiger partial charge on any atom is -0.342 e. The first-order chi connectivity index (χ1) is 11.5. The van der Waals surface area contributed by atoms with E-state index in [0.29, 0.717) is 24.8 Å². The van der Waals surface area contributed by atoms with E-state index in [1.165, 1.54) is 0 Å². The van der Waals surface area contributed by atoms with Crippen molar-refractivity contribution in [3.8, 4) is 0 Å². The molecule has 2 saturated heterocycles. The van der Waals surface area contributed by atoms with Gasteiger partial charge < -0.3 is 15.5 Å². The molecule has 2 heterocycles. The number of nitrogens with two attached hydrogens (primary N) is 1. The summed E-state index contributed by atoms with van der Waals surface area (Å²) in [5, 5.41) is 0. The topological polar surface area (TPSA) is 66.6 Å². The summed E-state index contributed by atoms with van der Waals surface area (Å²) in [5.41, 5.74) is 7.01. The Hall–Kier alpha value is -1.40. The summed E-state index contributed by atoms with van der Waals surface area (Å²) in [7, 11) is 0. The molecule has 3 fully saturated rings. The molecule has 2 amide bonds. The van der Waals surface area contributed by atoms with Gasteiger partial charge in [0.1, 0.15) is 0 Å². The third-order valence-electron chi connectivity index (χ3n) is 5.84. The van der Waals surface area contributed by atoms with Crippen LogP contribution in [0.3, 0.4) is 0 Å². The average molecular weight is 392 g/mol. The molecule has 0 bridgehead atoms. The average Bonchev–Trinajstić information content (AvgIpc) is 3.24. The van der Waals surface area contributed by atoms with Gasteiger partial charge >= 0.3 is 0 Å². The van der Waals surface area contributed by atoms with Crippen molar-refractivity contribution in [2.75, 3.05) is 24.5 Å². The molecule has 5 nitrogen and oxygen atoms in total. The number of hydrogen-bond donors (Lipinski definition) is 1. The molecule has 1 aromatic carbocycles. The molecule has 1 aromatic rings. The molecule has 2 N–H and O–H groups in total. The minimum absolute atomic E-state index is 0.0244. The standard InChI is InChI=1S/C18H22BrN3O2/c19-14-3-1-2-4-16(14)22-9-12(7-17(22)23)18(24)21-8-11-5-6-15(20)13(11)10-21/h1-4,11-13,15H,5-10,20H2. The van der Waals surface area contributed by atoms with Crippen molar-refractivity contribution in [2.24, 2.45) is 23.5 Å². The minimum atomic E-state index is -0.236. The normalized spacial score (nSPS) is 32.5. The molecule has 1 aliphatic carbocycles.